The number of carbonyl (C=O) groups is 2. The number of benzene rings is 2. The molecule has 0 aliphatic rings. The molecule has 24 heavy (non-hydrogen) atoms. The summed E-state index contributed by atoms with van der Waals surface area (Å²) in [6.45, 7) is 1.62. The van der Waals surface area contributed by atoms with Gasteiger partial charge >= 0.3 is 5.97 Å². The number of carboxylic acids is 1. The van der Waals surface area contributed by atoms with Crippen molar-refractivity contribution < 1.29 is 19.4 Å². The first-order valence-corrected chi connectivity index (χ1v) is 7.65. The van der Waals surface area contributed by atoms with Crippen LogP contribution in [0.5, 0.6) is 0 Å². The minimum absolute atomic E-state index is 0.205. The van der Waals surface area contributed by atoms with Gasteiger partial charge < -0.3 is 15.2 Å². The molecular formula is C19H21NO4. The summed E-state index contributed by atoms with van der Waals surface area (Å²) >= 11 is 0. The van der Waals surface area contributed by atoms with Gasteiger partial charge in [-0.05, 0) is 18.1 Å². The molecule has 0 aromatic heterocycles. The number of carboxylic acid groups (broad SMARTS) is 1. The summed E-state index contributed by atoms with van der Waals surface area (Å²) in [6.07, 6.45) is 0.205. The number of hydrogen-bond donors (Lipinski definition) is 2. The molecule has 0 aliphatic carbocycles. The van der Waals surface area contributed by atoms with Crippen LogP contribution in [0, 0.1) is 0 Å². The minimum Gasteiger partial charge on any atom is -0.480 e. The molecule has 0 saturated carbocycles. The van der Waals surface area contributed by atoms with Gasteiger partial charge in [0.25, 0.3) is 5.91 Å². The second-order valence-corrected chi connectivity index (χ2v) is 5.66. The maximum Gasteiger partial charge on any atom is 0.326 e. The van der Waals surface area contributed by atoms with Crippen LogP contribution in [0.2, 0.25) is 0 Å². The van der Waals surface area contributed by atoms with E-state index in [0.29, 0.717) is 5.56 Å². The molecule has 5 nitrogen and oxygen atoms in total. The largest absolute Gasteiger partial charge is 0.480 e. The fourth-order valence-corrected chi connectivity index (χ4v) is 2.44. The predicted molar refractivity (Wildman–Crippen MR) is 90.5 cm³/mol. The number of hydrogen-bond acceptors (Lipinski definition) is 3. The van der Waals surface area contributed by atoms with Gasteiger partial charge in [0.1, 0.15) is 6.04 Å². The Bertz CT molecular complexity index is 687. The average Bonchev–Trinajstić information content (AvgIpc) is 2.61. The monoisotopic (exact) mass is 327 g/mol. The summed E-state index contributed by atoms with van der Waals surface area (Å²) in [5.41, 5.74) is 0.240. The lowest BCUT2D eigenvalue weighted by Gasteiger charge is -2.29. The van der Waals surface area contributed by atoms with E-state index in [1.54, 1.807) is 31.2 Å². The Morgan fingerprint density at radius 1 is 1.08 bits per heavy atom. The van der Waals surface area contributed by atoms with Crippen LogP contribution in [0.4, 0.5) is 0 Å². The SMILES string of the molecule is CO[C@](C)(C(=O)N[C@H](Cc1ccccc1)C(=O)O)c1ccccc1. The van der Waals surface area contributed by atoms with E-state index in [1.165, 1.54) is 7.11 Å². The molecule has 0 spiro atoms. The number of rotatable bonds is 7. The average molecular weight is 327 g/mol. The van der Waals surface area contributed by atoms with E-state index < -0.39 is 23.5 Å². The van der Waals surface area contributed by atoms with Crippen LogP contribution in [0.1, 0.15) is 18.1 Å². The van der Waals surface area contributed by atoms with Crippen molar-refractivity contribution >= 4 is 11.9 Å². The third-order valence-corrected chi connectivity index (χ3v) is 4.05. The summed E-state index contributed by atoms with van der Waals surface area (Å²) in [5, 5.41) is 12.0. The van der Waals surface area contributed by atoms with Gasteiger partial charge in [-0.15, -0.1) is 0 Å². The van der Waals surface area contributed by atoms with Crippen LogP contribution < -0.4 is 5.32 Å². The highest BCUT2D eigenvalue weighted by molar-refractivity contribution is 5.90. The summed E-state index contributed by atoms with van der Waals surface area (Å²) < 4.78 is 5.41. The van der Waals surface area contributed by atoms with E-state index in [1.807, 2.05) is 36.4 Å². The lowest BCUT2D eigenvalue weighted by atomic mass is 9.94. The molecule has 2 rings (SSSR count). The molecule has 2 N–H and O–H groups in total. The quantitative estimate of drug-likeness (QED) is 0.818. The van der Waals surface area contributed by atoms with Crippen LogP contribution in [-0.2, 0) is 26.3 Å². The molecule has 2 aromatic rings. The Morgan fingerprint density at radius 2 is 1.62 bits per heavy atom. The van der Waals surface area contributed by atoms with Gasteiger partial charge in [0.2, 0.25) is 0 Å². The third-order valence-electron chi connectivity index (χ3n) is 4.05. The summed E-state index contributed by atoms with van der Waals surface area (Å²) in [5.74, 6) is -1.57. The van der Waals surface area contributed by atoms with E-state index in [0.717, 1.165) is 5.56 Å². The van der Waals surface area contributed by atoms with Crippen molar-refractivity contribution in [2.75, 3.05) is 7.11 Å². The molecule has 0 radical (unpaired) electrons. The van der Waals surface area contributed by atoms with Crippen LogP contribution in [0.15, 0.2) is 60.7 Å². The van der Waals surface area contributed by atoms with E-state index >= 15 is 0 Å². The molecule has 0 unspecified atom stereocenters. The number of amides is 1. The second kappa shape index (κ2) is 7.75. The van der Waals surface area contributed by atoms with Crippen molar-refractivity contribution in [1.29, 1.82) is 0 Å². The predicted octanol–water partition coefficient (Wildman–Crippen LogP) is 2.36. The van der Waals surface area contributed by atoms with E-state index in [9.17, 15) is 14.7 Å². The standard InChI is InChI=1S/C19H21NO4/c1-19(24-2,15-11-7-4-8-12-15)18(23)20-16(17(21)22)13-14-9-5-3-6-10-14/h3-12,16H,13H2,1-2H3,(H,20,23)(H,21,22)/t16-,19+/m1/s1. The highest BCUT2D eigenvalue weighted by atomic mass is 16.5. The van der Waals surface area contributed by atoms with E-state index in [4.69, 9.17) is 4.74 Å². The minimum atomic E-state index is -1.26. The number of aliphatic carboxylic acids is 1. The summed E-state index contributed by atoms with van der Waals surface area (Å²) in [6, 6.07) is 17.1. The maximum atomic E-state index is 12.7. The molecule has 0 heterocycles. The van der Waals surface area contributed by atoms with Crippen molar-refractivity contribution in [2.24, 2.45) is 0 Å². The highest BCUT2D eigenvalue weighted by Crippen LogP contribution is 2.25. The van der Waals surface area contributed by atoms with Gasteiger partial charge in [-0.2, -0.15) is 0 Å². The molecule has 0 aliphatic heterocycles. The molecule has 2 aromatic carbocycles. The number of carbonyl (C=O) groups excluding carboxylic acids is 1. The van der Waals surface area contributed by atoms with Crippen molar-refractivity contribution in [3.8, 4) is 0 Å². The normalized spacial score (nSPS) is 14.4. The molecule has 0 saturated heterocycles. The summed E-state index contributed by atoms with van der Waals surface area (Å²) in [7, 11) is 1.43. The highest BCUT2D eigenvalue weighted by Gasteiger charge is 2.37. The molecule has 126 valence electrons. The van der Waals surface area contributed by atoms with E-state index in [2.05, 4.69) is 5.32 Å². The van der Waals surface area contributed by atoms with Gasteiger partial charge in [0, 0.05) is 13.5 Å². The van der Waals surface area contributed by atoms with Crippen molar-refractivity contribution in [3.05, 3.63) is 71.8 Å². The Balaban J connectivity index is 2.19. The fraction of sp³-hybridized carbons (Fsp3) is 0.263. The van der Waals surface area contributed by atoms with Crippen LogP contribution >= 0.6 is 0 Å². The fourth-order valence-electron chi connectivity index (χ4n) is 2.44. The third kappa shape index (κ3) is 4.00. The Hall–Kier alpha value is -2.66. The number of nitrogens with one attached hydrogen (secondary N) is 1. The zero-order valence-corrected chi connectivity index (χ0v) is 13.7. The molecule has 0 fully saturated rings. The lowest BCUT2D eigenvalue weighted by molar-refractivity contribution is -0.149. The first kappa shape index (κ1) is 17.7. The topological polar surface area (TPSA) is 75.6 Å². The molecule has 1 amide bonds. The van der Waals surface area contributed by atoms with Crippen molar-refractivity contribution in [3.63, 3.8) is 0 Å². The first-order chi connectivity index (χ1) is 11.5. The zero-order valence-electron chi connectivity index (χ0n) is 13.7. The van der Waals surface area contributed by atoms with Crippen molar-refractivity contribution in [1.82, 2.24) is 5.32 Å². The first-order valence-electron chi connectivity index (χ1n) is 7.65. The second-order valence-electron chi connectivity index (χ2n) is 5.66. The molecule has 5 heteroatoms. The molecular weight excluding hydrogens is 306 g/mol. The van der Waals surface area contributed by atoms with Crippen LogP contribution in [0.25, 0.3) is 0 Å². The van der Waals surface area contributed by atoms with E-state index in [-0.39, 0.29) is 6.42 Å². The smallest absolute Gasteiger partial charge is 0.326 e. The van der Waals surface area contributed by atoms with Gasteiger partial charge in [0.15, 0.2) is 5.60 Å². The number of methoxy groups -OCH3 is 1. The van der Waals surface area contributed by atoms with Gasteiger partial charge in [-0.1, -0.05) is 60.7 Å². The lowest BCUT2D eigenvalue weighted by Crippen LogP contribution is -2.51. The van der Waals surface area contributed by atoms with Crippen LogP contribution in [0.3, 0.4) is 0 Å². The molecule has 0 bridgehead atoms. The zero-order chi connectivity index (χ0) is 17.6. The summed E-state index contributed by atoms with van der Waals surface area (Å²) in [4.78, 5) is 24.2. The van der Waals surface area contributed by atoms with Gasteiger partial charge in [-0.25, -0.2) is 4.79 Å². The number of ether oxygens (including phenoxy) is 1. The van der Waals surface area contributed by atoms with Crippen LogP contribution in [-0.4, -0.2) is 30.1 Å². The van der Waals surface area contributed by atoms with Gasteiger partial charge in [0.05, 0.1) is 0 Å². The van der Waals surface area contributed by atoms with Crippen molar-refractivity contribution in [2.45, 2.75) is 25.0 Å². The molecule has 2 atom stereocenters. The Kier molecular flexibility index (Phi) is 5.71. The van der Waals surface area contributed by atoms with Gasteiger partial charge in [-0.3, -0.25) is 4.79 Å². The Morgan fingerprint density at radius 3 is 2.12 bits per heavy atom. The maximum absolute atomic E-state index is 12.7. The Labute approximate surface area is 141 Å².